The number of hydrogen-bond donors (Lipinski definition) is 0. The molecule has 1 fully saturated rings. The average molecular weight is 782 g/mol. The van der Waals surface area contributed by atoms with E-state index in [2.05, 4.69) is 38.6 Å². The van der Waals surface area contributed by atoms with Crippen LogP contribution in [0.5, 0.6) is 11.5 Å². The number of hydrogen-bond acceptors (Lipinski definition) is 9. The van der Waals surface area contributed by atoms with E-state index < -0.39 is 11.9 Å². The smallest absolute Gasteiger partial charge is 0.311 e. The van der Waals surface area contributed by atoms with Crippen LogP contribution in [0.1, 0.15) is 29.7 Å². The van der Waals surface area contributed by atoms with Crippen molar-refractivity contribution in [3.63, 3.8) is 0 Å². The summed E-state index contributed by atoms with van der Waals surface area (Å²) < 4.78 is 42.8. The Hall–Kier alpha value is -4.35. The van der Waals surface area contributed by atoms with Gasteiger partial charge in [0.1, 0.15) is 22.8 Å². The topological polar surface area (TPSA) is 100 Å². The van der Waals surface area contributed by atoms with Crippen molar-refractivity contribution in [3.8, 4) is 28.8 Å². The molecule has 0 radical (unpaired) electrons. The maximum Gasteiger partial charge on any atom is 0.311 e. The third-order valence-electron chi connectivity index (χ3n) is 8.40. The quantitative estimate of drug-likeness (QED) is 0.109. The summed E-state index contributed by atoms with van der Waals surface area (Å²) in [6, 6.07) is 19.3. The number of piperidine rings is 1. The van der Waals surface area contributed by atoms with Crippen LogP contribution in [0.15, 0.2) is 54.6 Å². The number of anilines is 2. The maximum atomic E-state index is 16.6. The largest absolute Gasteiger partial charge is 0.497 e. The van der Waals surface area contributed by atoms with E-state index in [4.69, 9.17) is 31.0 Å². The zero-order valence-electron chi connectivity index (χ0n) is 26.5. The van der Waals surface area contributed by atoms with Gasteiger partial charge in [0.05, 0.1) is 45.8 Å². The van der Waals surface area contributed by atoms with Crippen molar-refractivity contribution in [2.24, 2.45) is 5.92 Å². The summed E-state index contributed by atoms with van der Waals surface area (Å²) in [5.41, 5.74) is 2.67. The molecule has 5 aromatic rings. The number of nitriles is 1. The normalized spacial score (nSPS) is 13.4. The third-order valence-corrected chi connectivity index (χ3v) is 9.99. The predicted octanol–water partition coefficient (Wildman–Crippen LogP) is 7.90. The van der Waals surface area contributed by atoms with E-state index in [1.807, 2.05) is 65.3 Å². The van der Waals surface area contributed by atoms with Crippen molar-refractivity contribution in [3.05, 3.63) is 91.9 Å². The highest BCUT2D eigenvalue weighted by Gasteiger charge is 2.28. The first-order chi connectivity index (χ1) is 23.2. The molecule has 1 aliphatic heterocycles. The molecule has 48 heavy (non-hydrogen) atoms. The van der Waals surface area contributed by atoms with E-state index in [1.165, 1.54) is 0 Å². The summed E-state index contributed by atoms with van der Waals surface area (Å²) in [7, 11) is 3.23. The molecule has 0 aliphatic carbocycles. The monoisotopic (exact) mass is 781 g/mol. The zero-order valence-corrected chi connectivity index (χ0v) is 29.4. The van der Waals surface area contributed by atoms with E-state index in [0.29, 0.717) is 59.6 Å². The van der Waals surface area contributed by atoms with Crippen LogP contribution in [0.3, 0.4) is 0 Å². The molecule has 0 spiro atoms. The fraction of sp³-hybridized carbons (Fsp3) is 0.286. The van der Waals surface area contributed by atoms with Crippen LogP contribution < -0.4 is 19.3 Å². The third kappa shape index (κ3) is 6.93. The Morgan fingerprint density at radius 2 is 1.52 bits per heavy atom. The zero-order chi connectivity index (χ0) is 33.9. The Bertz CT molecular complexity index is 1950. The molecule has 3 heterocycles. The molecule has 1 aliphatic rings. The van der Waals surface area contributed by atoms with Gasteiger partial charge in [-0.05, 0) is 83.8 Å². The number of benzene rings is 3. The summed E-state index contributed by atoms with van der Waals surface area (Å²) in [6.07, 6.45) is 0.150. The highest BCUT2D eigenvalue weighted by molar-refractivity contribution is 14.1. The summed E-state index contributed by atoms with van der Waals surface area (Å²) in [5.74, 6) is 1.20. The van der Waals surface area contributed by atoms with Crippen LogP contribution in [-0.2, 0) is 13.1 Å². The van der Waals surface area contributed by atoms with Gasteiger partial charge in [-0.3, -0.25) is 0 Å². The van der Waals surface area contributed by atoms with Crippen LogP contribution in [0, 0.1) is 39.6 Å². The molecule has 6 rings (SSSR count). The Morgan fingerprint density at radius 1 is 0.938 bits per heavy atom. The van der Waals surface area contributed by atoms with E-state index in [9.17, 15) is 9.65 Å². The first-order valence-corrected chi connectivity index (χ1v) is 16.7. The summed E-state index contributed by atoms with van der Waals surface area (Å²) in [6.45, 7) is 3.67. The van der Waals surface area contributed by atoms with Gasteiger partial charge in [0, 0.05) is 37.5 Å². The van der Waals surface area contributed by atoms with Gasteiger partial charge in [-0.2, -0.15) is 19.6 Å². The number of aryl methyl sites for hydroxylation is 1. The van der Waals surface area contributed by atoms with Gasteiger partial charge in [0.2, 0.25) is 5.95 Å². The molecule has 3 aromatic carbocycles. The van der Waals surface area contributed by atoms with Crippen LogP contribution in [0.25, 0.3) is 22.2 Å². The first-order valence-electron chi connectivity index (χ1n) is 15.2. The second-order valence-corrected chi connectivity index (χ2v) is 13.0. The van der Waals surface area contributed by atoms with E-state index in [-0.39, 0.29) is 33.5 Å². The van der Waals surface area contributed by atoms with Gasteiger partial charge < -0.3 is 19.3 Å². The number of ether oxygens (including phenoxy) is 2. The summed E-state index contributed by atoms with van der Waals surface area (Å²) in [5, 5.41) is 9.69. The molecule has 2 aromatic heterocycles. The van der Waals surface area contributed by atoms with Crippen molar-refractivity contribution in [1.82, 2.24) is 19.9 Å². The summed E-state index contributed by atoms with van der Waals surface area (Å²) in [4.78, 5) is 21.5. The number of nitrogens with zero attached hydrogens (tertiary/aromatic N) is 7. The van der Waals surface area contributed by atoms with Crippen molar-refractivity contribution >= 4 is 56.9 Å². The number of aromatic nitrogens is 4. The lowest BCUT2D eigenvalue weighted by atomic mass is 9.98. The predicted molar refractivity (Wildman–Crippen MR) is 189 cm³/mol. The van der Waals surface area contributed by atoms with Crippen LogP contribution in [0.2, 0.25) is 5.02 Å². The minimum absolute atomic E-state index is 0.00130. The second kappa shape index (κ2) is 14.4. The lowest BCUT2D eigenvalue weighted by Crippen LogP contribution is -2.34. The Balaban J connectivity index is 1.44. The minimum atomic E-state index is -1.05. The molecule has 0 bridgehead atoms. The molecule has 0 saturated carbocycles. The Labute approximate surface area is 295 Å². The maximum absolute atomic E-state index is 16.6. The number of rotatable bonds is 9. The second-order valence-electron chi connectivity index (χ2n) is 11.5. The van der Waals surface area contributed by atoms with Gasteiger partial charge in [0.15, 0.2) is 5.82 Å². The SMILES string of the molecule is COc1ccc(CN(Cc2ccc(OC)cc2)c2nc(C)c(I)c(-c3c(Cl)cc4c(N5CCC(C#N)CC5)nc(F)nc4c3F)n2)cc1. The fourth-order valence-corrected chi connectivity index (χ4v) is 6.58. The van der Waals surface area contributed by atoms with Crippen LogP contribution >= 0.6 is 34.2 Å². The minimum Gasteiger partial charge on any atom is -0.497 e. The Morgan fingerprint density at radius 3 is 2.06 bits per heavy atom. The molecule has 0 amide bonds. The standard InChI is InChI=1S/C35H31ClF2IN7O2/c1-20-30(39)32(28-27(36)16-26-31(29(28)37)42-34(38)44-33(26)45-14-12-21(17-40)13-15-45)43-35(41-20)46(18-22-4-8-24(47-2)9-5-22)19-23-6-10-25(48-3)11-7-23/h4-11,16,21H,12-15,18-19H2,1-3H3. The van der Waals surface area contributed by atoms with Crippen molar-refractivity contribution < 1.29 is 18.3 Å². The van der Waals surface area contributed by atoms with Gasteiger partial charge in [-0.1, -0.05) is 35.9 Å². The average Bonchev–Trinajstić information content (AvgIpc) is 3.10. The Kier molecular flexibility index (Phi) is 10.1. The molecule has 0 atom stereocenters. The van der Waals surface area contributed by atoms with Gasteiger partial charge >= 0.3 is 6.08 Å². The number of halogens is 4. The highest BCUT2D eigenvalue weighted by Crippen LogP contribution is 2.40. The number of fused-ring (bicyclic) bond motifs is 1. The van der Waals surface area contributed by atoms with Gasteiger partial charge in [0.25, 0.3) is 0 Å². The van der Waals surface area contributed by atoms with Crippen molar-refractivity contribution in [2.45, 2.75) is 32.9 Å². The molecular formula is C35H31ClF2IN7O2. The highest BCUT2D eigenvalue weighted by atomic mass is 127. The van der Waals surface area contributed by atoms with E-state index in [1.54, 1.807) is 20.3 Å². The van der Waals surface area contributed by atoms with Crippen molar-refractivity contribution in [2.75, 3.05) is 37.1 Å². The summed E-state index contributed by atoms with van der Waals surface area (Å²) >= 11 is 8.94. The lowest BCUT2D eigenvalue weighted by molar-refractivity contribution is 0.414. The van der Waals surface area contributed by atoms with Crippen LogP contribution in [-0.4, -0.2) is 47.2 Å². The number of methoxy groups -OCH3 is 2. The van der Waals surface area contributed by atoms with Crippen molar-refractivity contribution in [1.29, 1.82) is 5.26 Å². The van der Waals surface area contributed by atoms with E-state index >= 15 is 4.39 Å². The lowest BCUT2D eigenvalue weighted by Gasteiger charge is -2.30. The molecular weight excluding hydrogens is 751 g/mol. The molecule has 0 unspecified atom stereocenters. The first kappa shape index (κ1) is 33.5. The molecule has 13 heteroatoms. The molecule has 246 valence electrons. The van der Waals surface area contributed by atoms with Gasteiger partial charge in [-0.25, -0.2) is 14.4 Å². The van der Waals surface area contributed by atoms with E-state index in [0.717, 1.165) is 22.6 Å². The van der Waals surface area contributed by atoms with Crippen LogP contribution in [0.4, 0.5) is 20.5 Å². The molecule has 0 N–H and O–H groups in total. The van der Waals surface area contributed by atoms with Gasteiger partial charge in [-0.15, -0.1) is 0 Å². The fourth-order valence-electron chi connectivity index (χ4n) is 5.78. The molecule has 9 nitrogen and oxygen atoms in total. The molecule has 1 saturated heterocycles.